The number of aryl methyl sites for hydroxylation is 1. The third kappa shape index (κ3) is 3.15. The average molecular weight is 348 g/mol. The van der Waals surface area contributed by atoms with E-state index in [4.69, 9.17) is 14.4 Å². The summed E-state index contributed by atoms with van der Waals surface area (Å²) in [5.41, 5.74) is 0.662. The Bertz CT molecular complexity index is 1140. The molecule has 0 radical (unpaired) electrons. The highest BCUT2D eigenvalue weighted by atomic mass is 16.5. The first kappa shape index (κ1) is 17.2. The molecule has 130 valence electrons. The van der Waals surface area contributed by atoms with Gasteiger partial charge >= 0.3 is 11.6 Å². The molecule has 0 saturated carbocycles. The van der Waals surface area contributed by atoms with Crippen molar-refractivity contribution < 1.29 is 13.9 Å². The van der Waals surface area contributed by atoms with Crippen molar-refractivity contribution in [3.05, 3.63) is 64.2 Å². The number of nitrogens with one attached hydrogen (secondary N) is 1. The number of carbonyl (C=O) groups excluding carboxylic acids is 1. The molecule has 6 heteroatoms. The molecule has 0 saturated heterocycles. The van der Waals surface area contributed by atoms with E-state index in [1.807, 2.05) is 37.3 Å². The van der Waals surface area contributed by atoms with E-state index in [0.29, 0.717) is 5.58 Å². The van der Waals surface area contributed by atoms with Gasteiger partial charge in [0.1, 0.15) is 17.3 Å². The summed E-state index contributed by atoms with van der Waals surface area (Å²) >= 11 is 0. The number of anilines is 1. The van der Waals surface area contributed by atoms with Crippen molar-refractivity contribution in [2.45, 2.75) is 13.8 Å². The predicted molar refractivity (Wildman–Crippen MR) is 98.7 cm³/mol. The second-order valence-corrected chi connectivity index (χ2v) is 5.64. The normalized spacial score (nSPS) is 11.3. The zero-order valence-corrected chi connectivity index (χ0v) is 14.3. The van der Waals surface area contributed by atoms with Crippen LogP contribution in [-0.4, -0.2) is 12.6 Å². The van der Waals surface area contributed by atoms with E-state index in [2.05, 4.69) is 5.32 Å². The monoisotopic (exact) mass is 348 g/mol. The van der Waals surface area contributed by atoms with Crippen LogP contribution in [0.5, 0.6) is 0 Å². The van der Waals surface area contributed by atoms with Gasteiger partial charge in [0.25, 0.3) is 0 Å². The Morgan fingerprint density at radius 3 is 2.81 bits per heavy atom. The second kappa shape index (κ2) is 7.11. The minimum absolute atomic E-state index is 0.130. The Morgan fingerprint density at radius 1 is 1.31 bits per heavy atom. The zero-order valence-electron chi connectivity index (χ0n) is 14.3. The van der Waals surface area contributed by atoms with Crippen LogP contribution in [0, 0.1) is 18.3 Å². The first-order valence-electron chi connectivity index (χ1n) is 8.05. The molecular formula is C20H16N2O4. The number of hydrogen-bond acceptors (Lipinski definition) is 6. The van der Waals surface area contributed by atoms with Gasteiger partial charge in [-0.1, -0.05) is 24.3 Å². The molecule has 0 spiro atoms. The average Bonchev–Trinajstić information content (AvgIpc) is 2.63. The second-order valence-electron chi connectivity index (χ2n) is 5.64. The Balaban J connectivity index is 2.11. The number of hydrogen-bond donors (Lipinski definition) is 1. The molecule has 1 N–H and O–H groups in total. The molecule has 0 bridgehead atoms. The summed E-state index contributed by atoms with van der Waals surface area (Å²) in [5, 5.41) is 14.5. The Labute approximate surface area is 149 Å². The number of carbonyl (C=O) groups is 1. The Hall–Kier alpha value is -3.59. The summed E-state index contributed by atoms with van der Waals surface area (Å²) in [4.78, 5) is 23.9. The van der Waals surface area contributed by atoms with Crippen LogP contribution in [-0.2, 0) is 9.53 Å². The molecule has 2 aromatic carbocycles. The lowest BCUT2D eigenvalue weighted by atomic mass is 10.0. The summed E-state index contributed by atoms with van der Waals surface area (Å²) in [6.07, 6.45) is 1.15. The third-order valence-corrected chi connectivity index (χ3v) is 3.92. The largest absolute Gasteiger partial charge is 0.462 e. The number of nitrogens with zero attached hydrogens (tertiary/aromatic N) is 1. The number of fused-ring (bicyclic) bond motifs is 3. The zero-order chi connectivity index (χ0) is 18.7. The van der Waals surface area contributed by atoms with Gasteiger partial charge in [0.15, 0.2) is 5.57 Å². The third-order valence-electron chi connectivity index (χ3n) is 3.92. The minimum Gasteiger partial charge on any atom is -0.462 e. The Morgan fingerprint density at radius 2 is 2.08 bits per heavy atom. The molecule has 0 aliphatic heterocycles. The summed E-state index contributed by atoms with van der Waals surface area (Å²) in [5.74, 6) is -0.756. The first-order chi connectivity index (χ1) is 12.5. The minimum atomic E-state index is -0.756. The molecule has 1 heterocycles. The highest BCUT2D eigenvalue weighted by Crippen LogP contribution is 2.29. The molecule has 3 rings (SSSR count). The summed E-state index contributed by atoms with van der Waals surface area (Å²) in [7, 11) is 0. The molecule has 26 heavy (non-hydrogen) atoms. The highest BCUT2D eigenvalue weighted by molar-refractivity contribution is 6.07. The topological polar surface area (TPSA) is 92.3 Å². The van der Waals surface area contributed by atoms with Crippen LogP contribution in [0.4, 0.5) is 5.69 Å². The van der Waals surface area contributed by atoms with Crippen molar-refractivity contribution >= 4 is 33.4 Å². The van der Waals surface area contributed by atoms with Gasteiger partial charge in [-0.05, 0) is 42.3 Å². The van der Waals surface area contributed by atoms with Gasteiger partial charge in [0, 0.05) is 11.6 Å². The van der Waals surface area contributed by atoms with Gasteiger partial charge in [-0.3, -0.25) is 0 Å². The Kier molecular flexibility index (Phi) is 4.72. The van der Waals surface area contributed by atoms with Gasteiger partial charge in [0.05, 0.1) is 6.61 Å². The van der Waals surface area contributed by atoms with Crippen molar-refractivity contribution in [3.8, 4) is 6.07 Å². The molecular weight excluding hydrogens is 332 g/mol. The SMILES string of the molecule is CCOC(=O)/C(C#N)=C\Nc1cc2c(oc1=O)c(C)cc1ccccc12. The van der Waals surface area contributed by atoms with E-state index >= 15 is 0 Å². The van der Waals surface area contributed by atoms with E-state index in [1.54, 1.807) is 19.1 Å². The van der Waals surface area contributed by atoms with E-state index < -0.39 is 11.6 Å². The lowest BCUT2D eigenvalue weighted by Crippen LogP contribution is -2.11. The molecule has 0 amide bonds. The molecule has 0 unspecified atom stereocenters. The van der Waals surface area contributed by atoms with Crippen molar-refractivity contribution in [2.75, 3.05) is 11.9 Å². The molecule has 0 fully saturated rings. The van der Waals surface area contributed by atoms with Crippen LogP contribution in [0.15, 0.2) is 57.4 Å². The van der Waals surface area contributed by atoms with Gasteiger partial charge in [0.2, 0.25) is 0 Å². The van der Waals surface area contributed by atoms with Crippen molar-refractivity contribution in [1.29, 1.82) is 5.26 Å². The van der Waals surface area contributed by atoms with Gasteiger partial charge < -0.3 is 14.5 Å². The number of rotatable bonds is 4. The first-order valence-corrected chi connectivity index (χ1v) is 8.05. The molecule has 3 aromatic rings. The van der Waals surface area contributed by atoms with E-state index in [1.165, 1.54) is 0 Å². The van der Waals surface area contributed by atoms with Crippen LogP contribution in [0.3, 0.4) is 0 Å². The van der Waals surface area contributed by atoms with Crippen LogP contribution in [0.2, 0.25) is 0 Å². The smallest absolute Gasteiger partial charge is 0.360 e. The van der Waals surface area contributed by atoms with E-state index in [-0.39, 0.29) is 17.9 Å². The molecule has 0 aliphatic carbocycles. The maximum atomic E-state index is 12.3. The maximum absolute atomic E-state index is 12.3. The van der Waals surface area contributed by atoms with Crippen LogP contribution in [0.25, 0.3) is 21.7 Å². The highest BCUT2D eigenvalue weighted by Gasteiger charge is 2.12. The molecule has 0 aliphatic rings. The number of benzene rings is 2. The van der Waals surface area contributed by atoms with Crippen molar-refractivity contribution in [1.82, 2.24) is 0 Å². The number of nitriles is 1. The fraction of sp³-hybridized carbons (Fsp3) is 0.150. The quantitative estimate of drug-likeness (QED) is 0.254. The van der Waals surface area contributed by atoms with E-state index in [9.17, 15) is 9.59 Å². The summed E-state index contributed by atoms with van der Waals surface area (Å²) in [6.45, 7) is 3.67. The van der Waals surface area contributed by atoms with Crippen LogP contribution < -0.4 is 10.9 Å². The molecule has 6 nitrogen and oxygen atoms in total. The van der Waals surface area contributed by atoms with Gasteiger partial charge in [-0.25, -0.2) is 9.59 Å². The van der Waals surface area contributed by atoms with Crippen LogP contribution in [0.1, 0.15) is 12.5 Å². The fourth-order valence-corrected chi connectivity index (χ4v) is 2.73. The van der Waals surface area contributed by atoms with Gasteiger partial charge in [-0.15, -0.1) is 0 Å². The van der Waals surface area contributed by atoms with Crippen molar-refractivity contribution in [3.63, 3.8) is 0 Å². The van der Waals surface area contributed by atoms with E-state index in [0.717, 1.165) is 27.9 Å². The lowest BCUT2D eigenvalue weighted by Gasteiger charge is -2.08. The summed E-state index contributed by atoms with van der Waals surface area (Å²) in [6, 6.07) is 13.1. The number of ether oxygens (including phenoxy) is 1. The summed E-state index contributed by atoms with van der Waals surface area (Å²) < 4.78 is 10.2. The maximum Gasteiger partial charge on any atom is 0.360 e. The molecule has 1 aromatic heterocycles. The van der Waals surface area contributed by atoms with Crippen LogP contribution >= 0.6 is 0 Å². The molecule has 0 atom stereocenters. The lowest BCUT2D eigenvalue weighted by molar-refractivity contribution is -0.138. The van der Waals surface area contributed by atoms with Gasteiger partial charge in [-0.2, -0.15) is 5.26 Å². The standard InChI is InChI=1S/C20H16N2O4/c1-3-25-19(23)14(10-21)11-22-17-9-16-15-7-5-4-6-13(15)8-12(2)18(16)26-20(17)24/h4-9,11,22H,3H2,1-2H3/b14-11-. The number of esters is 1. The van der Waals surface area contributed by atoms with Crippen molar-refractivity contribution in [2.24, 2.45) is 0 Å². The fourth-order valence-electron chi connectivity index (χ4n) is 2.73. The predicted octanol–water partition coefficient (Wildman–Crippen LogP) is 3.64.